The summed E-state index contributed by atoms with van der Waals surface area (Å²) in [6.07, 6.45) is 3.78. The summed E-state index contributed by atoms with van der Waals surface area (Å²) < 4.78 is 5.30. The molecule has 0 spiro atoms. The number of ether oxygens (including phenoxy) is 1. The zero-order valence-electron chi connectivity index (χ0n) is 6.01. The highest BCUT2D eigenvalue weighted by atomic mass is 16.5. The number of hydrogen-bond acceptors (Lipinski definition) is 2. The van der Waals surface area contributed by atoms with Crippen LogP contribution in [0.5, 0.6) is 0 Å². The lowest BCUT2D eigenvalue weighted by molar-refractivity contribution is -0.118. The van der Waals surface area contributed by atoms with Gasteiger partial charge in [0.15, 0.2) is 0 Å². The number of carbonyl (C=O) groups excluding carboxylic acids is 1. The normalized spacial score (nSPS) is 25.0. The molecule has 1 unspecified atom stereocenters. The smallest absolute Gasteiger partial charge is 0.217 e. The first-order valence-electron chi connectivity index (χ1n) is 3.69. The molecule has 1 fully saturated rings. The van der Waals surface area contributed by atoms with Gasteiger partial charge in [0.25, 0.3) is 0 Å². The van der Waals surface area contributed by atoms with Gasteiger partial charge in [0.05, 0.1) is 6.10 Å². The Balaban J connectivity index is 2.07. The maximum atomic E-state index is 10.3. The summed E-state index contributed by atoms with van der Waals surface area (Å²) in [5.41, 5.74) is 4.98. The Morgan fingerprint density at radius 2 is 2.50 bits per heavy atom. The van der Waals surface area contributed by atoms with Crippen LogP contribution >= 0.6 is 0 Å². The molecule has 0 aromatic carbocycles. The first kappa shape index (κ1) is 7.54. The molecule has 0 aliphatic carbocycles. The third-order valence-electron chi connectivity index (χ3n) is 1.74. The first-order valence-corrected chi connectivity index (χ1v) is 3.69. The van der Waals surface area contributed by atoms with Crippen molar-refractivity contribution in [2.24, 2.45) is 5.73 Å². The molecule has 1 rings (SSSR count). The molecule has 0 radical (unpaired) electrons. The van der Waals surface area contributed by atoms with Gasteiger partial charge in [-0.3, -0.25) is 4.79 Å². The van der Waals surface area contributed by atoms with Crippen LogP contribution in [0, 0.1) is 0 Å². The molecule has 1 amide bonds. The Hall–Kier alpha value is -0.570. The van der Waals surface area contributed by atoms with Crippen LogP contribution in [0.4, 0.5) is 0 Å². The Morgan fingerprint density at radius 3 is 3.00 bits per heavy atom. The highest BCUT2D eigenvalue weighted by Crippen LogP contribution is 2.16. The number of carbonyl (C=O) groups is 1. The number of primary amides is 1. The van der Waals surface area contributed by atoms with Gasteiger partial charge in [-0.25, -0.2) is 0 Å². The summed E-state index contributed by atoms with van der Waals surface area (Å²) in [4.78, 5) is 10.3. The minimum absolute atomic E-state index is 0.226. The molecule has 2 N–H and O–H groups in total. The second kappa shape index (κ2) is 3.56. The molecule has 0 aromatic rings. The van der Waals surface area contributed by atoms with Crippen LogP contribution in [-0.4, -0.2) is 18.6 Å². The van der Waals surface area contributed by atoms with Crippen molar-refractivity contribution in [3.63, 3.8) is 0 Å². The van der Waals surface area contributed by atoms with Gasteiger partial charge in [0, 0.05) is 13.0 Å². The van der Waals surface area contributed by atoms with E-state index in [1.807, 2.05) is 0 Å². The topological polar surface area (TPSA) is 52.3 Å². The molecule has 0 aromatic heterocycles. The van der Waals surface area contributed by atoms with Gasteiger partial charge >= 0.3 is 0 Å². The highest BCUT2D eigenvalue weighted by molar-refractivity contribution is 5.73. The van der Waals surface area contributed by atoms with E-state index in [1.54, 1.807) is 0 Å². The molecule has 3 heteroatoms. The fourth-order valence-electron chi connectivity index (χ4n) is 1.18. The van der Waals surface area contributed by atoms with Gasteiger partial charge in [-0.1, -0.05) is 0 Å². The Kier molecular flexibility index (Phi) is 2.68. The molecular weight excluding hydrogens is 130 g/mol. The molecule has 0 saturated carbocycles. The van der Waals surface area contributed by atoms with Crippen molar-refractivity contribution in [2.75, 3.05) is 6.61 Å². The molecule has 1 saturated heterocycles. The average molecular weight is 143 g/mol. The van der Waals surface area contributed by atoms with E-state index in [9.17, 15) is 4.79 Å². The standard InChI is InChI=1S/C7H13NO2/c8-7(9)4-3-6-2-1-5-10-6/h6H,1-5H2,(H2,8,9). The molecule has 3 nitrogen and oxygen atoms in total. The maximum absolute atomic E-state index is 10.3. The van der Waals surface area contributed by atoms with Gasteiger partial charge in [-0.2, -0.15) is 0 Å². The number of nitrogens with two attached hydrogens (primary N) is 1. The predicted octanol–water partition coefficient (Wildman–Crippen LogP) is 0.431. The second-order valence-corrected chi connectivity index (χ2v) is 2.64. The summed E-state index contributed by atoms with van der Waals surface area (Å²) in [7, 11) is 0. The number of hydrogen-bond donors (Lipinski definition) is 1. The monoisotopic (exact) mass is 143 g/mol. The van der Waals surface area contributed by atoms with E-state index in [2.05, 4.69) is 0 Å². The summed E-state index contributed by atoms with van der Waals surface area (Å²) in [6.45, 7) is 0.851. The van der Waals surface area contributed by atoms with Crippen molar-refractivity contribution in [3.8, 4) is 0 Å². The van der Waals surface area contributed by atoms with Crippen LogP contribution in [-0.2, 0) is 9.53 Å². The minimum Gasteiger partial charge on any atom is -0.378 e. The molecule has 0 bridgehead atoms. The van der Waals surface area contributed by atoms with E-state index >= 15 is 0 Å². The predicted molar refractivity (Wildman–Crippen MR) is 37.4 cm³/mol. The third kappa shape index (κ3) is 2.35. The van der Waals surface area contributed by atoms with E-state index in [0.29, 0.717) is 12.5 Å². The summed E-state index contributed by atoms with van der Waals surface area (Å²) in [5.74, 6) is -0.226. The van der Waals surface area contributed by atoms with Crippen molar-refractivity contribution in [1.82, 2.24) is 0 Å². The third-order valence-corrected chi connectivity index (χ3v) is 1.74. The largest absolute Gasteiger partial charge is 0.378 e. The quantitative estimate of drug-likeness (QED) is 0.623. The minimum atomic E-state index is -0.226. The number of rotatable bonds is 3. The molecule has 1 aliphatic heterocycles. The molecule has 1 atom stereocenters. The fraction of sp³-hybridized carbons (Fsp3) is 0.857. The van der Waals surface area contributed by atoms with E-state index < -0.39 is 0 Å². The summed E-state index contributed by atoms with van der Waals surface area (Å²) in [6, 6.07) is 0. The van der Waals surface area contributed by atoms with E-state index in [-0.39, 0.29) is 5.91 Å². The van der Waals surface area contributed by atoms with Crippen LogP contribution in [0.3, 0.4) is 0 Å². The first-order chi connectivity index (χ1) is 4.79. The lowest BCUT2D eigenvalue weighted by Crippen LogP contribution is -2.14. The van der Waals surface area contributed by atoms with Crippen molar-refractivity contribution < 1.29 is 9.53 Å². The summed E-state index contributed by atoms with van der Waals surface area (Å²) >= 11 is 0. The van der Waals surface area contributed by atoms with Gasteiger partial charge in [-0.05, 0) is 19.3 Å². The number of amides is 1. The lowest BCUT2D eigenvalue weighted by Gasteiger charge is -2.05. The van der Waals surface area contributed by atoms with Crippen LogP contribution in [0.1, 0.15) is 25.7 Å². The molecular formula is C7H13NO2. The van der Waals surface area contributed by atoms with Crippen LogP contribution in [0.2, 0.25) is 0 Å². The van der Waals surface area contributed by atoms with Crippen molar-refractivity contribution in [2.45, 2.75) is 31.8 Å². The Labute approximate surface area is 60.5 Å². The van der Waals surface area contributed by atoms with Gasteiger partial charge in [-0.15, -0.1) is 0 Å². The Morgan fingerprint density at radius 1 is 1.70 bits per heavy atom. The zero-order chi connectivity index (χ0) is 7.40. The van der Waals surface area contributed by atoms with Gasteiger partial charge < -0.3 is 10.5 Å². The van der Waals surface area contributed by atoms with E-state index in [4.69, 9.17) is 10.5 Å². The molecule has 58 valence electrons. The molecule has 1 aliphatic rings. The van der Waals surface area contributed by atoms with Crippen LogP contribution in [0.15, 0.2) is 0 Å². The van der Waals surface area contributed by atoms with Crippen LogP contribution < -0.4 is 5.73 Å². The second-order valence-electron chi connectivity index (χ2n) is 2.64. The summed E-state index contributed by atoms with van der Waals surface area (Å²) in [5, 5.41) is 0. The van der Waals surface area contributed by atoms with Gasteiger partial charge in [0.2, 0.25) is 5.91 Å². The fourth-order valence-corrected chi connectivity index (χ4v) is 1.18. The van der Waals surface area contributed by atoms with E-state index in [1.165, 1.54) is 0 Å². The van der Waals surface area contributed by atoms with E-state index in [0.717, 1.165) is 25.9 Å². The SMILES string of the molecule is NC(=O)CCC1CCCO1. The van der Waals surface area contributed by atoms with Crippen molar-refractivity contribution in [1.29, 1.82) is 0 Å². The highest BCUT2D eigenvalue weighted by Gasteiger charge is 2.15. The maximum Gasteiger partial charge on any atom is 0.217 e. The van der Waals surface area contributed by atoms with Gasteiger partial charge in [0.1, 0.15) is 0 Å². The molecule has 1 heterocycles. The van der Waals surface area contributed by atoms with Crippen molar-refractivity contribution >= 4 is 5.91 Å². The average Bonchev–Trinajstić information content (AvgIpc) is 2.34. The zero-order valence-corrected chi connectivity index (χ0v) is 6.01. The van der Waals surface area contributed by atoms with Crippen molar-refractivity contribution in [3.05, 3.63) is 0 Å². The lowest BCUT2D eigenvalue weighted by atomic mass is 10.1. The molecule has 10 heavy (non-hydrogen) atoms. The Bertz CT molecular complexity index is 119. The van der Waals surface area contributed by atoms with Crippen LogP contribution in [0.25, 0.3) is 0 Å².